The number of nitrogens with zero attached hydrogens (tertiary/aromatic N) is 4. The number of thiocarbonyl (C=S) groups is 1. The molecule has 2 aromatic carbocycles. The zero-order valence-corrected chi connectivity index (χ0v) is 19.2. The molecule has 4 rings (SSSR count). The molecule has 0 aliphatic carbocycles. The van der Waals surface area contributed by atoms with E-state index in [4.69, 9.17) is 17.0 Å². The van der Waals surface area contributed by atoms with Crippen LogP contribution in [0.5, 0.6) is 0 Å². The van der Waals surface area contributed by atoms with Gasteiger partial charge in [-0.3, -0.25) is 4.79 Å². The van der Waals surface area contributed by atoms with Crippen molar-refractivity contribution in [3.8, 4) is 0 Å². The number of rotatable bonds is 7. The topological polar surface area (TPSA) is 96.2 Å². The van der Waals surface area contributed by atoms with Gasteiger partial charge in [-0.1, -0.05) is 60.7 Å². The fourth-order valence-corrected chi connectivity index (χ4v) is 4.21. The summed E-state index contributed by atoms with van der Waals surface area (Å²) in [7, 11) is 0. The molecular weight excluding hydrogens is 458 g/mol. The maximum absolute atomic E-state index is 12.7. The van der Waals surface area contributed by atoms with E-state index in [1.807, 2.05) is 60.7 Å². The van der Waals surface area contributed by atoms with Gasteiger partial charge in [0.15, 0.2) is 16.0 Å². The number of hydrogen-bond donors (Lipinski definition) is 1. The van der Waals surface area contributed by atoms with Crippen molar-refractivity contribution in [3.05, 3.63) is 82.9 Å². The van der Waals surface area contributed by atoms with Crippen LogP contribution < -0.4 is 10.2 Å². The first-order valence-electron chi connectivity index (χ1n) is 10.1. The fourth-order valence-electron chi connectivity index (χ4n) is 3.06. The van der Waals surface area contributed by atoms with Gasteiger partial charge in [0.2, 0.25) is 0 Å². The molecule has 8 nitrogen and oxygen atoms in total. The maximum Gasteiger partial charge on any atom is 0.361 e. The predicted octanol–water partition coefficient (Wildman–Crippen LogP) is 3.17. The number of esters is 1. The quantitative estimate of drug-likeness (QED) is 0.243. The number of carbonyl (C=O) groups excluding carboxylic acids is 2. The van der Waals surface area contributed by atoms with Crippen molar-refractivity contribution in [1.29, 1.82) is 0 Å². The van der Waals surface area contributed by atoms with Gasteiger partial charge in [0.1, 0.15) is 11.4 Å². The molecule has 10 heteroatoms. The van der Waals surface area contributed by atoms with Crippen LogP contribution >= 0.6 is 23.6 Å². The number of anilines is 1. The van der Waals surface area contributed by atoms with Gasteiger partial charge in [-0.25, -0.2) is 14.7 Å². The van der Waals surface area contributed by atoms with Crippen LogP contribution in [0, 0.1) is 0 Å². The molecule has 33 heavy (non-hydrogen) atoms. The number of aromatic nitrogens is 1. The first-order valence-corrected chi connectivity index (χ1v) is 11.4. The van der Waals surface area contributed by atoms with Crippen LogP contribution in [0.4, 0.5) is 5.13 Å². The van der Waals surface area contributed by atoms with E-state index in [-0.39, 0.29) is 35.6 Å². The van der Waals surface area contributed by atoms with Crippen LogP contribution in [-0.4, -0.2) is 46.5 Å². The lowest BCUT2D eigenvalue weighted by atomic mass is 10.0. The van der Waals surface area contributed by atoms with Crippen molar-refractivity contribution < 1.29 is 14.3 Å². The highest BCUT2D eigenvalue weighted by atomic mass is 32.1. The Bertz CT molecular complexity index is 1180. The molecule has 0 bridgehead atoms. The van der Waals surface area contributed by atoms with Crippen LogP contribution in [-0.2, 0) is 14.3 Å². The Hall–Kier alpha value is -3.76. The van der Waals surface area contributed by atoms with E-state index >= 15 is 0 Å². The monoisotopic (exact) mass is 477 g/mol. The molecule has 2 heterocycles. The highest BCUT2D eigenvalue weighted by Crippen LogP contribution is 2.24. The van der Waals surface area contributed by atoms with Crippen LogP contribution in [0.15, 0.2) is 76.2 Å². The second-order valence-electron chi connectivity index (χ2n) is 6.75. The minimum atomic E-state index is -0.660. The number of amides is 1. The lowest BCUT2D eigenvalue weighted by molar-refractivity contribution is -0.135. The number of carbonyl (C=O) groups is 2. The predicted molar refractivity (Wildman–Crippen MR) is 132 cm³/mol. The molecule has 0 atom stereocenters. The van der Waals surface area contributed by atoms with E-state index < -0.39 is 5.97 Å². The highest BCUT2D eigenvalue weighted by molar-refractivity contribution is 7.80. The van der Waals surface area contributed by atoms with Crippen molar-refractivity contribution in [1.82, 2.24) is 10.3 Å². The normalized spacial score (nSPS) is 13.6. The molecule has 1 aliphatic rings. The van der Waals surface area contributed by atoms with E-state index in [0.717, 1.165) is 11.1 Å². The standard InChI is InChI=1S/C23H19N5O3S2/c1-2-31-21(30)20(17-14-33-23(25-17)28-18(29)13-24-22(28)32)27-26-19(15-9-5-3-6-10-15)16-11-7-4-8-12-16/h3-12,14H,2,13H2,1H3,(H,24,32)/b27-20-. The summed E-state index contributed by atoms with van der Waals surface area (Å²) in [5.41, 5.74) is 2.46. The molecule has 1 N–H and O–H groups in total. The molecule has 1 fully saturated rings. The van der Waals surface area contributed by atoms with E-state index in [0.29, 0.717) is 10.8 Å². The van der Waals surface area contributed by atoms with E-state index in [2.05, 4.69) is 20.5 Å². The molecule has 0 spiro atoms. The summed E-state index contributed by atoms with van der Waals surface area (Å²) in [6.07, 6.45) is 0. The van der Waals surface area contributed by atoms with Gasteiger partial charge in [-0.15, -0.1) is 21.5 Å². The second kappa shape index (κ2) is 10.2. The average molecular weight is 478 g/mol. The van der Waals surface area contributed by atoms with Crippen LogP contribution in [0.3, 0.4) is 0 Å². The van der Waals surface area contributed by atoms with Gasteiger partial charge in [-0.2, -0.15) is 0 Å². The molecule has 0 unspecified atom stereocenters. The Morgan fingerprint density at radius 2 is 1.76 bits per heavy atom. The first kappa shape index (κ1) is 22.4. The van der Waals surface area contributed by atoms with E-state index in [9.17, 15) is 9.59 Å². The molecule has 3 aromatic rings. The molecule has 1 aromatic heterocycles. The zero-order chi connectivity index (χ0) is 23.2. The van der Waals surface area contributed by atoms with Gasteiger partial charge < -0.3 is 10.1 Å². The Kier molecular flexibility index (Phi) is 6.96. The molecule has 0 radical (unpaired) electrons. The summed E-state index contributed by atoms with van der Waals surface area (Å²) in [5, 5.41) is 13.7. The number of ether oxygens (including phenoxy) is 1. The molecule has 1 amide bonds. The molecule has 0 saturated carbocycles. The molecule has 1 aliphatic heterocycles. The maximum atomic E-state index is 12.7. The van der Waals surface area contributed by atoms with Crippen LogP contribution in [0.2, 0.25) is 0 Å². The number of hydrogen-bond acceptors (Lipinski definition) is 8. The minimum absolute atomic E-state index is 0.0609. The molecule has 1 saturated heterocycles. The number of nitrogens with one attached hydrogen (secondary N) is 1. The summed E-state index contributed by atoms with van der Waals surface area (Å²) < 4.78 is 5.19. The fraction of sp³-hybridized carbons (Fsp3) is 0.130. The van der Waals surface area contributed by atoms with Gasteiger partial charge in [-0.05, 0) is 19.1 Å². The zero-order valence-electron chi connectivity index (χ0n) is 17.6. The van der Waals surface area contributed by atoms with Gasteiger partial charge in [0.25, 0.3) is 5.91 Å². The van der Waals surface area contributed by atoms with Gasteiger partial charge in [0, 0.05) is 16.5 Å². The minimum Gasteiger partial charge on any atom is -0.461 e. The van der Waals surface area contributed by atoms with Gasteiger partial charge in [0.05, 0.1) is 13.2 Å². The lowest BCUT2D eigenvalue weighted by Gasteiger charge is -2.09. The van der Waals surface area contributed by atoms with Crippen molar-refractivity contribution in [2.45, 2.75) is 6.92 Å². The first-order chi connectivity index (χ1) is 16.1. The Balaban J connectivity index is 1.77. The molecule has 166 valence electrons. The van der Waals surface area contributed by atoms with Crippen molar-refractivity contribution in [2.24, 2.45) is 10.2 Å². The SMILES string of the molecule is CCOC(=O)/C(=N\N=C(c1ccccc1)c1ccccc1)c1csc(N2C(=O)CNC2=S)n1. The third kappa shape index (κ3) is 5.02. The Morgan fingerprint density at radius 3 is 2.30 bits per heavy atom. The average Bonchev–Trinajstić information content (AvgIpc) is 3.44. The molecular formula is C23H19N5O3S2. The summed E-state index contributed by atoms with van der Waals surface area (Å²) in [6.45, 7) is 1.98. The summed E-state index contributed by atoms with van der Waals surface area (Å²) >= 11 is 6.35. The van der Waals surface area contributed by atoms with E-state index in [1.165, 1.54) is 16.2 Å². The van der Waals surface area contributed by atoms with Crippen molar-refractivity contribution >= 4 is 57.1 Å². The summed E-state index contributed by atoms with van der Waals surface area (Å²) in [4.78, 5) is 30.6. The van der Waals surface area contributed by atoms with Crippen molar-refractivity contribution in [2.75, 3.05) is 18.1 Å². The number of benzene rings is 2. The number of thiazole rings is 1. The summed E-state index contributed by atoms with van der Waals surface area (Å²) in [5.74, 6) is -0.879. The van der Waals surface area contributed by atoms with Crippen molar-refractivity contribution in [3.63, 3.8) is 0 Å². The lowest BCUT2D eigenvalue weighted by Crippen LogP contribution is -2.30. The third-order valence-electron chi connectivity index (χ3n) is 4.58. The Labute approximate surface area is 199 Å². The van der Waals surface area contributed by atoms with Crippen LogP contribution in [0.1, 0.15) is 23.7 Å². The second-order valence-corrected chi connectivity index (χ2v) is 7.98. The van der Waals surface area contributed by atoms with E-state index in [1.54, 1.807) is 12.3 Å². The van der Waals surface area contributed by atoms with Gasteiger partial charge >= 0.3 is 5.97 Å². The third-order valence-corrected chi connectivity index (χ3v) is 5.74. The smallest absolute Gasteiger partial charge is 0.361 e. The van der Waals surface area contributed by atoms with Crippen LogP contribution in [0.25, 0.3) is 0 Å². The Morgan fingerprint density at radius 1 is 1.12 bits per heavy atom. The summed E-state index contributed by atoms with van der Waals surface area (Å²) in [6, 6.07) is 19.1. The highest BCUT2D eigenvalue weighted by Gasteiger charge is 2.30. The largest absolute Gasteiger partial charge is 0.461 e.